The largest absolute Gasteiger partial charge is 0.513 e. The van der Waals surface area contributed by atoms with Gasteiger partial charge in [0.1, 0.15) is 18.1 Å². The SMILES string of the molecule is CCc1cc(C)c(Cl)cc1OCc1c(C)cccc1OC(=O)OC. The quantitative estimate of drug-likeness (QED) is 0.547. The monoisotopic (exact) mass is 348 g/mol. The van der Waals surface area contributed by atoms with Gasteiger partial charge in [-0.15, -0.1) is 0 Å². The van der Waals surface area contributed by atoms with E-state index in [1.165, 1.54) is 7.11 Å². The first-order valence-corrected chi connectivity index (χ1v) is 8.10. The van der Waals surface area contributed by atoms with Crippen LogP contribution in [0.15, 0.2) is 30.3 Å². The lowest BCUT2D eigenvalue weighted by Crippen LogP contribution is -2.11. The maximum Gasteiger partial charge on any atom is 0.513 e. The van der Waals surface area contributed by atoms with Gasteiger partial charge in [0.25, 0.3) is 0 Å². The second-order valence-electron chi connectivity index (χ2n) is 5.46. The molecule has 2 aromatic carbocycles. The summed E-state index contributed by atoms with van der Waals surface area (Å²) in [6.07, 6.45) is 0.0848. The average Bonchev–Trinajstić information content (AvgIpc) is 2.56. The molecule has 0 amide bonds. The number of methoxy groups -OCH3 is 1. The fraction of sp³-hybridized carbons (Fsp3) is 0.316. The van der Waals surface area contributed by atoms with Gasteiger partial charge in [-0.2, -0.15) is 0 Å². The topological polar surface area (TPSA) is 44.8 Å². The lowest BCUT2D eigenvalue weighted by atomic mass is 10.1. The fourth-order valence-corrected chi connectivity index (χ4v) is 2.52. The fourth-order valence-electron chi connectivity index (χ4n) is 2.37. The summed E-state index contributed by atoms with van der Waals surface area (Å²) in [4.78, 5) is 11.4. The summed E-state index contributed by atoms with van der Waals surface area (Å²) in [6.45, 7) is 6.24. The van der Waals surface area contributed by atoms with Crippen LogP contribution in [0.1, 0.15) is 29.2 Å². The van der Waals surface area contributed by atoms with E-state index >= 15 is 0 Å². The van der Waals surface area contributed by atoms with Crippen LogP contribution in [0.2, 0.25) is 5.02 Å². The van der Waals surface area contributed by atoms with Gasteiger partial charge >= 0.3 is 6.16 Å². The molecule has 0 heterocycles. The zero-order chi connectivity index (χ0) is 17.7. The van der Waals surface area contributed by atoms with Gasteiger partial charge in [-0.1, -0.05) is 36.7 Å². The molecule has 0 spiro atoms. The minimum atomic E-state index is -0.755. The Hall–Kier alpha value is -2.20. The molecule has 0 saturated heterocycles. The second-order valence-corrected chi connectivity index (χ2v) is 5.87. The Bertz CT molecular complexity index is 740. The highest BCUT2D eigenvalue weighted by Crippen LogP contribution is 2.30. The van der Waals surface area contributed by atoms with Gasteiger partial charge < -0.3 is 14.2 Å². The Morgan fingerprint density at radius 2 is 1.88 bits per heavy atom. The molecule has 5 heteroatoms. The molecular weight excluding hydrogens is 328 g/mol. The van der Waals surface area contributed by atoms with Crippen molar-refractivity contribution in [1.29, 1.82) is 0 Å². The minimum absolute atomic E-state index is 0.269. The zero-order valence-electron chi connectivity index (χ0n) is 14.3. The molecule has 4 nitrogen and oxygen atoms in total. The highest BCUT2D eigenvalue weighted by molar-refractivity contribution is 6.31. The number of aryl methyl sites for hydroxylation is 3. The number of halogens is 1. The summed E-state index contributed by atoms with van der Waals surface area (Å²) in [5, 5.41) is 0.665. The molecule has 0 aliphatic carbocycles. The first-order chi connectivity index (χ1) is 11.5. The van der Waals surface area contributed by atoms with E-state index in [1.54, 1.807) is 6.07 Å². The molecule has 0 bridgehead atoms. The minimum Gasteiger partial charge on any atom is -0.488 e. The summed E-state index contributed by atoms with van der Waals surface area (Å²) in [5.74, 6) is 1.17. The van der Waals surface area contributed by atoms with E-state index in [4.69, 9.17) is 21.1 Å². The summed E-state index contributed by atoms with van der Waals surface area (Å²) in [6, 6.07) is 9.32. The average molecular weight is 349 g/mol. The van der Waals surface area contributed by atoms with Crippen molar-refractivity contribution in [2.45, 2.75) is 33.8 Å². The van der Waals surface area contributed by atoms with Crippen LogP contribution >= 0.6 is 11.6 Å². The van der Waals surface area contributed by atoms with E-state index in [2.05, 4.69) is 11.7 Å². The van der Waals surface area contributed by atoms with Crippen LogP contribution in [-0.2, 0) is 17.8 Å². The van der Waals surface area contributed by atoms with Gasteiger partial charge in [0.05, 0.1) is 7.11 Å². The molecular formula is C19H21ClO4. The molecule has 2 rings (SSSR count). The number of ether oxygens (including phenoxy) is 3. The summed E-state index contributed by atoms with van der Waals surface area (Å²) in [5.41, 5.74) is 3.86. The van der Waals surface area contributed by atoms with Gasteiger partial charge in [0, 0.05) is 10.6 Å². The number of hydrogen-bond acceptors (Lipinski definition) is 4. The molecule has 0 radical (unpaired) electrons. The number of benzene rings is 2. The number of hydrogen-bond donors (Lipinski definition) is 0. The van der Waals surface area contributed by atoms with Crippen LogP contribution < -0.4 is 9.47 Å². The van der Waals surface area contributed by atoms with Crippen LogP contribution in [0.25, 0.3) is 0 Å². The summed E-state index contributed by atoms with van der Waals surface area (Å²) >= 11 is 6.21. The maximum atomic E-state index is 11.4. The van der Waals surface area contributed by atoms with Crippen LogP contribution in [-0.4, -0.2) is 13.3 Å². The Morgan fingerprint density at radius 1 is 1.12 bits per heavy atom. The molecule has 0 aliphatic heterocycles. The molecule has 0 aromatic heterocycles. The van der Waals surface area contributed by atoms with E-state index in [9.17, 15) is 4.79 Å². The Balaban J connectivity index is 2.26. The molecule has 0 aliphatic rings. The molecule has 0 atom stereocenters. The van der Waals surface area contributed by atoms with Gasteiger partial charge in [-0.25, -0.2) is 4.79 Å². The first-order valence-electron chi connectivity index (χ1n) is 7.72. The van der Waals surface area contributed by atoms with Gasteiger partial charge in [-0.05, 0) is 49.1 Å². The first kappa shape index (κ1) is 18.1. The number of carbonyl (C=O) groups excluding carboxylic acids is 1. The third kappa shape index (κ3) is 4.20. The van der Waals surface area contributed by atoms with E-state index in [0.29, 0.717) is 10.8 Å². The number of rotatable bonds is 5. The van der Waals surface area contributed by atoms with Crippen LogP contribution in [0, 0.1) is 13.8 Å². The Labute approximate surface area is 147 Å². The molecule has 24 heavy (non-hydrogen) atoms. The molecule has 0 fully saturated rings. The lowest BCUT2D eigenvalue weighted by molar-refractivity contribution is 0.120. The van der Waals surface area contributed by atoms with Crippen molar-refractivity contribution in [3.05, 3.63) is 57.6 Å². The van der Waals surface area contributed by atoms with Crippen molar-refractivity contribution in [3.8, 4) is 11.5 Å². The third-order valence-corrected chi connectivity index (χ3v) is 4.23. The number of carbonyl (C=O) groups is 1. The van der Waals surface area contributed by atoms with Crippen molar-refractivity contribution >= 4 is 17.8 Å². The summed E-state index contributed by atoms with van der Waals surface area (Å²) in [7, 11) is 1.27. The van der Waals surface area contributed by atoms with E-state index < -0.39 is 6.16 Å². The normalized spacial score (nSPS) is 10.4. The van der Waals surface area contributed by atoms with Crippen molar-refractivity contribution in [2.24, 2.45) is 0 Å². The zero-order valence-corrected chi connectivity index (χ0v) is 15.1. The van der Waals surface area contributed by atoms with Crippen molar-refractivity contribution in [1.82, 2.24) is 0 Å². The third-order valence-electron chi connectivity index (χ3n) is 3.82. The highest BCUT2D eigenvalue weighted by Gasteiger charge is 2.13. The van der Waals surface area contributed by atoms with Crippen LogP contribution in [0.4, 0.5) is 4.79 Å². The molecule has 0 N–H and O–H groups in total. The van der Waals surface area contributed by atoms with Gasteiger partial charge in [0.15, 0.2) is 0 Å². The van der Waals surface area contributed by atoms with E-state index in [0.717, 1.165) is 34.4 Å². The van der Waals surface area contributed by atoms with Crippen molar-refractivity contribution in [2.75, 3.05) is 7.11 Å². The Morgan fingerprint density at radius 3 is 2.54 bits per heavy atom. The standard InChI is InChI=1S/C19H21ClO4/c1-5-14-9-13(3)16(20)10-18(14)23-11-15-12(2)7-6-8-17(15)24-19(21)22-4/h6-10H,5,11H2,1-4H3. The Kier molecular flexibility index (Phi) is 6.10. The van der Waals surface area contributed by atoms with Crippen LogP contribution in [0.3, 0.4) is 0 Å². The van der Waals surface area contributed by atoms with Crippen LogP contribution in [0.5, 0.6) is 11.5 Å². The van der Waals surface area contributed by atoms with E-state index in [-0.39, 0.29) is 6.61 Å². The predicted molar refractivity (Wildman–Crippen MR) is 94.1 cm³/mol. The van der Waals surface area contributed by atoms with Gasteiger partial charge in [-0.3, -0.25) is 0 Å². The molecule has 128 valence electrons. The van der Waals surface area contributed by atoms with E-state index in [1.807, 2.05) is 38.1 Å². The van der Waals surface area contributed by atoms with Gasteiger partial charge in [0.2, 0.25) is 0 Å². The molecule has 0 unspecified atom stereocenters. The van der Waals surface area contributed by atoms with Crippen molar-refractivity contribution in [3.63, 3.8) is 0 Å². The highest BCUT2D eigenvalue weighted by atomic mass is 35.5. The lowest BCUT2D eigenvalue weighted by Gasteiger charge is -2.16. The second kappa shape index (κ2) is 8.06. The maximum absolute atomic E-state index is 11.4. The smallest absolute Gasteiger partial charge is 0.488 e. The molecule has 0 saturated carbocycles. The molecule has 2 aromatic rings. The summed E-state index contributed by atoms with van der Waals surface area (Å²) < 4.78 is 15.7. The predicted octanol–water partition coefficient (Wildman–Crippen LogP) is 5.24. The van der Waals surface area contributed by atoms with Crippen molar-refractivity contribution < 1.29 is 19.0 Å².